The monoisotopic (exact) mass is 608 g/mol. The van der Waals surface area contributed by atoms with Crippen molar-refractivity contribution in [2.24, 2.45) is 9.81 Å². The second kappa shape index (κ2) is 10.2. The van der Waals surface area contributed by atoms with Crippen LogP contribution in [0, 0.1) is 5.41 Å². The molecule has 4 N–H and O–H groups in total. The lowest BCUT2D eigenvalue weighted by atomic mass is 9.69. The van der Waals surface area contributed by atoms with E-state index in [-0.39, 0.29) is 33.7 Å². The molecule has 0 fully saturated rings. The second-order valence-corrected chi connectivity index (χ2v) is 14.5. The number of carbonyl (C=O) groups is 2. The molecule has 1 aliphatic carbocycles. The number of nitrogens with zero attached hydrogens (tertiary/aromatic N) is 1. The molecule has 214 valence electrons. The van der Waals surface area contributed by atoms with Gasteiger partial charge in [-0.15, -0.1) is 16.0 Å². The Morgan fingerprint density at radius 2 is 1.85 bits per heavy atom. The number of anilines is 2. The van der Waals surface area contributed by atoms with Gasteiger partial charge in [0.15, 0.2) is 11.6 Å². The van der Waals surface area contributed by atoms with E-state index in [0.717, 1.165) is 12.3 Å². The Balaban J connectivity index is 1.90. The first-order valence-electron chi connectivity index (χ1n) is 12.2. The average molecular weight is 609 g/mol. The van der Waals surface area contributed by atoms with Crippen LogP contribution in [0.3, 0.4) is 0 Å². The molecular weight excluding hydrogens is 580 g/mol. The van der Waals surface area contributed by atoms with E-state index in [1.807, 2.05) is 20.8 Å². The molecule has 40 heavy (non-hydrogen) atoms. The fourth-order valence-electron chi connectivity index (χ4n) is 4.67. The van der Waals surface area contributed by atoms with Gasteiger partial charge >= 0.3 is 0 Å². The first kappa shape index (κ1) is 29.6. The number of aliphatic hydroxyl groups excluding tert-OH is 1. The molecule has 4 rings (SSSR count). The number of hydrogen-bond acceptors (Lipinski definition) is 8. The molecular formula is C26H29ClN4O7S2. The number of Topliss-reactive ketones (excluding diaryl/α,β-unsaturated/α-hetero) is 1. The van der Waals surface area contributed by atoms with Gasteiger partial charge in [0.05, 0.1) is 11.9 Å². The third kappa shape index (κ3) is 5.72. The zero-order chi connectivity index (χ0) is 29.7. The van der Waals surface area contributed by atoms with Gasteiger partial charge in [-0.2, -0.15) is 8.42 Å². The van der Waals surface area contributed by atoms with Gasteiger partial charge in [0, 0.05) is 11.3 Å². The lowest BCUT2D eigenvalue weighted by Gasteiger charge is -2.40. The maximum Gasteiger partial charge on any atom is 0.286 e. The van der Waals surface area contributed by atoms with Gasteiger partial charge in [0.1, 0.15) is 27.6 Å². The summed E-state index contributed by atoms with van der Waals surface area (Å²) in [6.07, 6.45) is 1.52. The molecule has 0 saturated heterocycles. The Hall–Kier alpha value is -3.42. The molecule has 1 aliphatic heterocycles. The van der Waals surface area contributed by atoms with E-state index < -0.39 is 60.3 Å². The molecule has 0 saturated carbocycles. The molecule has 1 unspecified atom stereocenters. The van der Waals surface area contributed by atoms with Crippen LogP contribution in [0.5, 0.6) is 0 Å². The maximum absolute atomic E-state index is 14.4. The van der Waals surface area contributed by atoms with Gasteiger partial charge in [0.2, 0.25) is 15.9 Å². The number of amides is 1. The molecule has 1 heterocycles. The SMILES string of the molecule is CC(C)(C)CCC1(NC(=O)CCl)C(=O)C(C2=NS(=O)(=O)c3cc(NS(C)(=O)=O)ccc3N2)=C(O)c2ccccc21. The average Bonchev–Trinajstić information content (AvgIpc) is 2.84. The molecule has 2 aromatic rings. The Labute approximate surface area is 237 Å². The Morgan fingerprint density at radius 1 is 1.18 bits per heavy atom. The maximum atomic E-state index is 14.4. The van der Waals surface area contributed by atoms with Crippen molar-refractivity contribution in [3.63, 3.8) is 0 Å². The van der Waals surface area contributed by atoms with E-state index in [4.69, 9.17) is 11.6 Å². The summed E-state index contributed by atoms with van der Waals surface area (Å²) in [5, 5.41) is 16.9. The summed E-state index contributed by atoms with van der Waals surface area (Å²) < 4.78 is 55.7. The molecule has 1 atom stereocenters. The van der Waals surface area contributed by atoms with Crippen LogP contribution >= 0.6 is 11.6 Å². The van der Waals surface area contributed by atoms with Crippen molar-refractivity contribution < 1.29 is 31.5 Å². The van der Waals surface area contributed by atoms with E-state index in [1.54, 1.807) is 24.3 Å². The van der Waals surface area contributed by atoms with Crippen LogP contribution in [-0.4, -0.2) is 51.6 Å². The molecule has 0 bridgehead atoms. The zero-order valence-electron chi connectivity index (χ0n) is 22.2. The third-order valence-electron chi connectivity index (χ3n) is 6.48. The largest absolute Gasteiger partial charge is 0.506 e. The first-order valence-corrected chi connectivity index (χ1v) is 16.0. The summed E-state index contributed by atoms with van der Waals surface area (Å²) in [5.41, 5.74) is -1.76. The van der Waals surface area contributed by atoms with Crippen LogP contribution in [0.2, 0.25) is 0 Å². The molecule has 0 spiro atoms. The van der Waals surface area contributed by atoms with Crippen LogP contribution in [0.4, 0.5) is 11.4 Å². The minimum Gasteiger partial charge on any atom is -0.506 e. The number of rotatable bonds is 7. The summed E-state index contributed by atoms with van der Waals surface area (Å²) in [6, 6.07) is 10.2. The highest BCUT2D eigenvalue weighted by Crippen LogP contribution is 2.44. The van der Waals surface area contributed by atoms with Crippen molar-refractivity contribution in [3.05, 3.63) is 59.2 Å². The molecule has 14 heteroatoms. The quantitative estimate of drug-likeness (QED) is 0.346. The normalized spacial score (nSPS) is 20.1. The zero-order valence-corrected chi connectivity index (χ0v) is 24.6. The predicted octanol–water partition coefficient (Wildman–Crippen LogP) is 3.50. The van der Waals surface area contributed by atoms with Gasteiger partial charge in [-0.25, -0.2) is 8.42 Å². The van der Waals surface area contributed by atoms with Crippen LogP contribution in [-0.2, 0) is 35.2 Å². The van der Waals surface area contributed by atoms with Crippen LogP contribution < -0.4 is 15.4 Å². The van der Waals surface area contributed by atoms with Gasteiger partial charge in [-0.1, -0.05) is 45.0 Å². The van der Waals surface area contributed by atoms with Crippen LogP contribution in [0.15, 0.2) is 57.3 Å². The number of aliphatic hydroxyl groups is 1. The number of sulfonamides is 2. The Morgan fingerprint density at radius 3 is 2.48 bits per heavy atom. The van der Waals surface area contributed by atoms with Crippen molar-refractivity contribution in [2.45, 2.75) is 44.0 Å². The highest BCUT2D eigenvalue weighted by atomic mass is 35.5. The minimum absolute atomic E-state index is 0.00000739. The highest BCUT2D eigenvalue weighted by molar-refractivity contribution is 7.92. The van der Waals surface area contributed by atoms with E-state index in [2.05, 4.69) is 19.8 Å². The van der Waals surface area contributed by atoms with E-state index in [1.165, 1.54) is 12.1 Å². The van der Waals surface area contributed by atoms with Crippen molar-refractivity contribution in [2.75, 3.05) is 22.2 Å². The van der Waals surface area contributed by atoms with Crippen molar-refractivity contribution in [1.29, 1.82) is 0 Å². The number of fused-ring (bicyclic) bond motifs is 2. The number of carbonyl (C=O) groups excluding carboxylic acids is 2. The first-order chi connectivity index (χ1) is 18.5. The number of ketones is 1. The number of hydrogen-bond donors (Lipinski definition) is 4. The lowest BCUT2D eigenvalue weighted by Crippen LogP contribution is -2.56. The Bertz CT molecular complexity index is 1690. The predicted molar refractivity (Wildman–Crippen MR) is 153 cm³/mol. The van der Waals surface area contributed by atoms with Crippen molar-refractivity contribution in [1.82, 2.24) is 5.32 Å². The Kier molecular flexibility index (Phi) is 7.54. The number of halogens is 1. The van der Waals surface area contributed by atoms with Crippen LogP contribution in [0.25, 0.3) is 5.76 Å². The highest BCUT2D eigenvalue weighted by Gasteiger charge is 2.50. The van der Waals surface area contributed by atoms with Crippen molar-refractivity contribution in [3.8, 4) is 0 Å². The fourth-order valence-corrected chi connectivity index (χ4v) is 6.44. The molecule has 0 radical (unpaired) electrons. The molecule has 1 amide bonds. The third-order valence-corrected chi connectivity index (χ3v) is 8.65. The number of benzene rings is 2. The van der Waals surface area contributed by atoms with E-state index in [0.29, 0.717) is 12.0 Å². The summed E-state index contributed by atoms with van der Waals surface area (Å²) in [6.45, 7) is 5.92. The molecule has 11 nitrogen and oxygen atoms in total. The topological polar surface area (TPSA) is 171 Å². The van der Waals surface area contributed by atoms with Gasteiger partial charge in [-0.3, -0.25) is 14.3 Å². The smallest absolute Gasteiger partial charge is 0.286 e. The lowest BCUT2D eigenvalue weighted by molar-refractivity contribution is -0.129. The summed E-state index contributed by atoms with van der Waals surface area (Å²) in [4.78, 5) is 26.7. The van der Waals surface area contributed by atoms with E-state index in [9.17, 15) is 31.5 Å². The van der Waals surface area contributed by atoms with E-state index >= 15 is 0 Å². The molecule has 2 aromatic carbocycles. The summed E-state index contributed by atoms with van der Waals surface area (Å²) >= 11 is 5.82. The number of nitrogens with one attached hydrogen (secondary N) is 3. The summed E-state index contributed by atoms with van der Waals surface area (Å²) in [5.74, 6) is -2.75. The van der Waals surface area contributed by atoms with Gasteiger partial charge in [0.25, 0.3) is 10.0 Å². The van der Waals surface area contributed by atoms with Crippen molar-refractivity contribution >= 4 is 66.3 Å². The number of amidine groups is 1. The number of alkyl halides is 1. The van der Waals surface area contributed by atoms with Gasteiger partial charge < -0.3 is 15.7 Å². The molecule has 0 aromatic heterocycles. The van der Waals surface area contributed by atoms with Gasteiger partial charge in [-0.05, 0) is 42.0 Å². The second-order valence-electron chi connectivity index (χ2n) is 10.9. The van der Waals surface area contributed by atoms with Crippen LogP contribution in [0.1, 0.15) is 44.7 Å². The fraction of sp³-hybridized carbons (Fsp3) is 0.346. The molecule has 2 aliphatic rings. The minimum atomic E-state index is -4.46. The standard InChI is InChI=1S/C26H29ClN4O7S2/c1-25(2,3)11-12-26(29-20(32)14-27)17-8-6-5-7-16(17)22(33)21(23(26)34)24-28-18-10-9-15(30-39(4,35)36)13-19(18)40(37,38)31-24/h5-10,13,30,33H,11-12,14H2,1-4H3,(H,28,31)(H,29,32). The summed E-state index contributed by atoms with van der Waals surface area (Å²) in [7, 11) is -8.14.